The Bertz CT molecular complexity index is 1390. The molecule has 4 aromatic rings. The van der Waals surface area contributed by atoms with Crippen molar-refractivity contribution in [3.05, 3.63) is 84.2 Å². The van der Waals surface area contributed by atoms with Gasteiger partial charge in [-0.05, 0) is 35.9 Å². The number of amides is 2. The molecule has 0 bridgehead atoms. The van der Waals surface area contributed by atoms with E-state index in [9.17, 15) is 9.59 Å². The number of nitrogens with zero attached hydrogens (tertiary/aromatic N) is 2. The highest BCUT2D eigenvalue weighted by molar-refractivity contribution is 6.05. The van der Waals surface area contributed by atoms with E-state index in [1.165, 1.54) is 21.3 Å². The molecule has 0 spiro atoms. The van der Waals surface area contributed by atoms with Gasteiger partial charge in [0.1, 0.15) is 0 Å². The molecule has 1 heterocycles. The van der Waals surface area contributed by atoms with E-state index >= 15 is 0 Å². The maximum atomic E-state index is 13.0. The van der Waals surface area contributed by atoms with Crippen LogP contribution in [-0.2, 0) is 11.2 Å². The van der Waals surface area contributed by atoms with Crippen LogP contribution in [0.25, 0.3) is 5.69 Å². The summed E-state index contributed by atoms with van der Waals surface area (Å²) in [6.45, 7) is 0. The minimum atomic E-state index is -0.333. The molecule has 1 aromatic heterocycles. The highest BCUT2D eigenvalue weighted by Crippen LogP contribution is 2.40. The number of aromatic nitrogens is 2. The second-order valence-electron chi connectivity index (χ2n) is 8.06. The Morgan fingerprint density at radius 3 is 2.24 bits per heavy atom. The molecule has 37 heavy (non-hydrogen) atoms. The minimum Gasteiger partial charge on any atom is -0.493 e. The summed E-state index contributed by atoms with van der Waals surface area (Å²) in [5, 5.41) is 9.99. The number of rotatable bonds is 9. The van der Waals surface area contributed by atoms with Gasteiger partial charge in [-0.25, -0.2) is 4.68 Å². The van der Waals surface area contributed by atoms with E-state index in [0.717, 1.165) is 5.56 Å². The molecule has 0 aliphatic heterocycles. The van der Waals surface area contributed by atoms with Crippen LogP contribution in [0.4, 0.5) is 17.1 Å². The van der Waals surface area contributed by atoms with Crippen molar-refractivity contribution in [3.63, 3.8) is 0 Å². The predicted molar refractivity (Wildman–Crippen MR) is 141 cm³/mol. The molecule has 0 atom stereocenters. The predicted octanol–water partition coefficient (Wildman–Crippen LogP) is 3.91. The summed E-state index contributed by atoms with van der Waals surface area (Å²) in [4.78, 5) is 25.4. The summed E-state index contributed by atoms with van der Waals surface area (Å²) >= 11 is 0. The number of hydrogen-bond donors (Lipinski definition) is 3. The fourth-order valence-electron chi connectivity index (χ4n) is 3.70. The van der Waals surface area contributed by atoms with Crippen LogP contribution >= 0.6 is 0 Å². The molecule has 0 aliphatic carbocycles. The van der Waals surface area contributed by atoms with Crippen molar-refractivity contribution in [2.45, 2.75) is 6.42 Å². The van der Waals surface area contributed by atoms with E-state index in [0.29, 0.717) is 45.6 Å². The van der Waals surface area contributed by atoms with Gasteiger partial charge in [0.05, 0.1) is 51.5 Å². The quantitative estimate of drug-likeness (QED) is 0.297. The van der Waals surface area contributed by atoms with Crippen LogP contribution in [0.3, 0.4) is 0 Å². The Labute approximate surface area is 214 Å². The standard InChI is InChI=1S/C27H27N5O5/c1-35-23-13-20(14-24(36-2)26(23)37-3)31-27(34)18-5-4-6-22(12-18)32-16-21(15-29-32)30-25(33)11-17-7-9-19(28)10-8-17/h4-10,12-16H,11,28H2,1-3H3,(H,30,33)(H,31,34). The highest BCUT2D eigenvalue weighted by Gasteiger charge is 2.16. The Morgan fingerprint density at radius 2 is 1.59 bits per heavy atom. The fraction of sp³-hybridized carbons (Fsp3) is 0.148. The number of hydrogen-bond acceptors (Lipinski definition) is 7. The van der Waals surface area contributed by atoms with E-state index in [2.05, 4.69) is 15.7 Å². The van der Waals surface area contributed by atoms with Gasteiger partial charge in [-0.1, -0.05) is 18.2 Å². The van der Waals surface area contributed by atoms with Crippen molar-refractivity contribution in [2.24, 2.45) is 0 Å². The number of nitrogens with one attached hydrogen (secondary N) is 2. The monoisotopic (exact) mass is 501 g/mol. The summed E-state index contributed by atoms with van der Waals surface area (Å²) < 4.78 is 17.6. The van der Waals surface area contributed by atoms with Gasteiger partial charge in [-0.3, -0.25) is 9.59 Å². The molecule has 10 heteroatoms. The molecule has 0 aliphatic rings. The van der Waals surface area contributed by atoms with Crippen LogP contribution in [0.5, 0.6) is 17.2 Å². The second kappa shape index (κ2) is 11.2. The zero-order valence-corrected chi connectivity index (χ0v) is 20.6. The normalized spacial score (nSPS) is 10.5. The minimum absolute atomic E-state index is 0.178. The van der Waals surface area contributed by atoms with Gasteiger partial charge in [0, 0.05) is 29.1 Å². The average Bonchev–Trinajstić information content (AvgIpc) is 3.37. The molecular formula is C27H27N5O5. The SMILES string of the molecule is COc1cc(NC(=O)c2cccc(-n3cc(NC(=O)Cc4ccc(N)cc4)cn3)c2)cc(OC)c1OC. The zero-order chi connectivity index (χ0) is 26.4. The first-order chi connectivity index (χ1) is 17.9. The number of nitrogens with two attached hydrogens (primary N) is 1. The number of anilines is 3. The van der Waals surface area contributed by atoms with Crippen LogP contribution in [0, 0.1) is 0 Å². The summed E-state index contributed by atoms with van der Waals surface area (Å²) in [6, 6.07) is 17.4. The lowest BCUT2D eigenvalue weighted by atomic mass is 10.1. The molecule has 4 N–H and O–H groups in total. The summed E-state index contributed by atoms with van der Waals surface area (Å²) in [6.07, 6.45) is 3.43. The van der Waals surface area contributed by atoms with E-state index in [1.807, 2.05) is 18.2 Å². The molecular weight excluding hydrogens is 474 g/mol. The van der Waals surface area contributed by atoms with E-state index < -0.39 is 0 Å². The van der Waals surface area contributed by atoms with Crippen molar-refractivity contribution in [1.29, 1.82) is 0 Å². The smallest absolute Gasteiger partial charge is 0.255 e. The maximum absolute atomic E-state index is 13.0. The van der Waals surface area contributed by atoms with Crippen molar-refractivity contribution < 1.29 is 23.8 Å². The fourth-order valence-corrected chi connectivity index (χ4v) is 3.70. The lowest BCUT2D eigenvalue weighted by molar-refractivity contribution is -0.115. The Morgan fingerprint density at radius 1 is 0.892 bits per heavy atom. The molecule has 0 unspecified atom stereocenters. The first-order valence-electron chi connectivity index (χ1n) is 11.3. The maximum Gasteiger partial charge on any atom is 0.255 e. The lowest BCUT2D eigenvalue weighted by Gasteiger charge is -2.14. The third-order valence-corrected chi connectivity index (χ3v) is 5.51. The van der Waals surface area contributed by atoms with Gasteiger partial charge in [-0.2, -0.15) is 5.10 Å². The second-order valence-corrected chi connectivity index (χ2v) is 8.06. The first-order valence-corrected chi connectivity index (χ1v) is 11.3. The molecule has 0 saturated carbocycles. The van der Waals surface area contributed by atoms with Crippen molar-refractivity contribution >= 4 is 28.9 Å². The van der Waals surface area contributed by atoms with Crippen molar-refractivity contribution in [3.8, 4) is 22.9 Å². The lowest BCUT2D eigenvalue weighted by Crippen LogP contribution is -2.14. The average molecular weight is 502 g/mol. The molecule has 10 nitrogen and oxygen atoms in total. The number of benzene rings is 3. The van der Waals surface area contributed by atoms with Gasteiger partial charge >= 0.3 is 0 Å². The molecule has 3 aromatic carbocycles. The van der Waals surface area contributed by atoms with E-state index in [-0.39, 0.29) is 18.2 Å². The summed E-state index contributed by atoms with van der Waals surface area (Å²) in [5.41, 5.74) is 9.26. The molecule has 0 radical (unpaired) electrons. The number of methoxy groups -OCH3 is 3. The van der Waals surface area contributed by atoms with Gasteiger partial charge in [0.25, 0.3) is 5.91 Å². The number of carbonyl (C=O) groups excluding carboxylic acids is 2. The largest absolute Gasteiger partial charge is 0.493 e. The highest BCUT2D eigenvalue weighted by atomic mass is 16.5. The molecule has 2 amide bonds. The summed E-state index contributed by atoms with van der Waals surface area (Å²) in [7, 11) is 4.52. The van der Waals surface area contributed by atoms with Gasteiger partial charge in [-0.15, -0.1) is 0 Å². The third kappa shape index (κ3) is 5.99. The van der Waals surface area contributed by atoms with Crippen LogP contribution < -0.4 is 30.6 Å². The Kier molecular flexibility index (Phi) is 7.58. The molecule has 190 valence electrons. The van der Waals surface area contributed by atoms with Crippen LogP contribution in [0.15, 0.2) is 73.1 Å². The number of ether oxygens (including phenoxy) is 3. The topological polar surface area (TPSA) is 130 Å². The number of nitrogen functional groups attached to an aromatic ring is 1. The van der Waals surface area contributed by atoms with Crippen molar-refractivity contribution in [2.75, 3.05) is 37.7 Å². The Hall–Kier alpha value is -4.99. The van der Waals surface area contributed by atoms with E-state index in [4.69, 9.17) is 19.9 Å². The van der Waals surface area contributed by atoms with E-state index in [1.54, 1.807) is 59.5 Å². The van der Waals surface area contributed by atoms with Gasteiger partial charge in [0.15, 0.2) is 11.5 Å². The third-order valence-electron chi connectivity index (χ3n) is 5.51. The zero-order valence-electron chi connectivity index (χ0n) is 20.6. The molecule has 0 fully saturated rings. The van der Waals surface area contributed by atoms with Crippen LogP contribution in [0.2, 0.25) is 0 Å². The molecule has 4 rings (SSSR count). The van der Waals surface area contributed by atoms with Crippen LogP contribution in [0.1, 0.15) is 15.9 Å². The van der Waals surface area contributed by atoms with Crippen LogP contribution in [-0.4, -0.2) is 42.9 Å². The summed E-state index contributed by atoms with van der Waals surface area (Å²) in [5.74, 6) is 0.768. The number of carbonyl (C=O) groups is 2. The van der Waals surface area contributed by atoms with Crippen molar-refractivity contribution in [1.82, 2.24) is 9.78 Å². The van der Waals surface area contributed by atoms with Gasteiger partial charge < -0.3 is 30.6 Å². The Balaban J connectivity index is 1.46. The van der Waals surface area contributed by atoms with Gasteiger partial charge in [0.2, 0.25) is 11.7 Å². The first kappa shape index (κ1) is 25.1. The molecule has 0 saturated heterocycles.